The van der Waals surface area contributed by atoms with Crippen LogP contribution in [0.3, 0.4) is 0 Å². The van der Waals surface area contributed by atoms with E-state index in [2.05, 4.69) is 171 Å². The molecule has 8 aromatic rings. The predicted octanol–water partition coefficient (Wildman–Crippen LogP) is 15.0. The molecule has 0 amide bonds. The van der Waals surface area contributed by atoms with Gasteiger partial charge in [0.05, 0.1) is 33.4 Å². The van der Waals surface area contributed by atoms with Crippen molar-refractivity contribution in [1.29, 1.82) is 5.26 Å². The van der Waals surface area contributed by atoms with Crippen molar-refractivity contribution in [3.8, 4) is 28.6 Å². The summed E-state index contributed by atoms with van der Waals surface area (Å²) < 4.78 is 49.8. The molecule has 59 heavy (non-hydrogen) atoms. The smallest absolute Gasteiger partial charge is 0.195 e. The van der Waals surface area contributed by atoms with E-state index in [4.69, 9.17) is 0 Å². The van der Waals surface area contributed by atoms with Crippen LogP contribution in [0.15, 0.2) is 97.1 Å². The molecule has 3 nitrogen and oxygen atoms in total. The number of nitrogens with zero attached hydrogens (tertiary/aromatic N) is 3. The van der Waals surface area contributed by atoms with E-state index >= 15 is 8.78 Å². The molecule has 0 fully saturated rings. The first-order valence-electron chi connectivity index (χ1n) is 20.4. The lowest BCUT2D eigenvalue weighted by Crippen LogP contribution is -2.11. The first-order chi connectivity index (χ1) is 27.5. The number of halogens is 3. The van der Waals surface area contributed by atoms with Crippen molar-refractivity contribution in [3.05, 3.63) is 142 Å². The molecule has 0 atom stereocenters. The van der Waals surface area contributed by atoms with Gasteiger partial charge in [0.15, 0.2) is 17.5 Å². The third kappa shape index (κ3) is 6.60. The van der Waals surface area contributed by atoms with E-state index in [1.54, 1.807) is 12.1 Å². The van der Waals surface area contributed by atoms with Crippen LogP contribution < -0.4 is 0 Å². The Labute approximate surface area is 345 Å². The Morgan fingerprint density at radius 1 is 0.424 bits per heavy atom. The minimum atomic E-state index is -1.54. The SMILES string of the molecule is CC(C)(C)c1ccc2c(c1)c1cc(C(C)(C)C)ccc1n2-c1cc(-c2ccc(F)c(F)c2F)cc(-n2c3ccc(C(C)(C)C)cc3c3cc(C(C)(C)C)ccc32)c1C#N. The Morgan fingerprint density at radius 2 is 0.746 bits per heavy atom. The van der Waals surface area contributed by atoms with Crippen LogP contribution in [-0.2, 0) is 21.7 Å². The predicted molar refractivity (Wildman–Crippen MR) is 240 cm³/mol. The monoisotopic (exact) mass is 787 g/mol. The number of fused-ring (bicyclic) bond motifs is 6. The molecule has 0 radical (unpaired) electrons. The van der Waals surface area contributed by atoms with Crippen molar-refractivity contribution in [1.82, 2.24) is 9.13 Å². The zero-order valence-electron chi connectivity index (χ0n) is 36.2. The summed E-state index contributed by atoms with van der Waals surface area (Å²) in [7, 11) is 0. The summed E-state index contributed by atoms with van der Waals surface area (Å²) in [5.74, 6) is -4.10. The largest absolute Gasteiger partial charge is 0.308 e. The summed E-state index contributed by atoms with van der Waals surface area (Å²) in [6, 6.07) is 34.1. The van der Waals surface area contributed by atoms with Gasteiger partial charge in [-0.05, 0) is 122 Å². The summed E-state index contributed by atoms with van der Waals surface area (Å²) in [6.45, 7) is 26.3. The average molecular weight is 788 g/mol. The minimum Gasteiger partial charge on any atom is -0.308 e. The molecular weight excluding hydrogens is 736 g/mol. The van der Waals surface area contributed by atoms with Gasteiger partial charge in [-0.2, -0.15) is 5.26 Å². The summed E-state index contributed by atoms with van der Waals surface area (Å²) in [5.41, 5.74) is 9.20. The second-order valence-electron chi connectivity index (χ2n) is 20.3. The summed E-state index contributed by atoms with van der Waals surface area (Å²) in [5, 5.41) is 15.5. The third-order valence-electron chi connectivity index (χ3n) is 12.0. The van der Waals surface area contributed by atoms with Crippen LogP contribution in [0.2, 0.25) is 0 Å². The fourth-order valence-corrected chi connectivity index (χ4v) is 8.42. The highest BCUT2D eigenvalue weighted by molar-refractivity contribution is 6.12. The maximum absolute atomic E-state index is 16.0. The molecule has 0 spiro atoms. The molecule has 0 N–H and O–H groups in total. The van der Waals surface area contributed by atoms with Crippen molar-refractivity contribution in [2.24, 2.45) is 0 Å². The Hall–Kier alpha value is -5.80. The molecule has 0 aliphatic rings. The Bertz CT molecular complexity index is 2750. The first kappa shape index (κ1) is 40.0. The van der Waals surface area contributed by atoms with Gasteiger partial charge < -0.3 is 9.13 Å². The molecule has 8 rings (SSSR count). The number of nitriles is 1. The van der Waals surface area contributed by atoms with Gasteiger partial charge in [0.25, 0.3) is 0 Å². The van der Waals surface area contributed by atoms with Crippen LogP contribution in [0.4, 0.5) is 13.2 Å². The van der Waals surface area contributed by atoms with E-state index in [-0.39, 0.29) is 27.2 Å². The molecular formula is C53H52F3N3. The van der Waals surface area contributed by atoms with Gasteiger partial charge in [0, 0.05) is 27.1 Å². The van der Waals surface area contributed by atoms with Crippen LogP contribution in [-0.4, -0.2) is 9.13 Å². The highest BCUT2D eigenvalue weighted by atomic mass is 19.2. The topological polar surface area (TPSA) is 33.6 Å². The fraction of sp³-hybridized carbons (Fsp3) is 0.302. The van der Waals surface area contributed by atoms with E-state index in [0.29, 0.717) is 22.5 Å². The molecule has 0 saturated carbocycles. The normalized spacial score (nSPS) is 13.0. The number of hydrogen-bond acceptors (Lipinski definition) is 1. The zero-order chi connectivity index (χ0) is 42.7. The quantitative estimate of drug-likeness (QED) is 0.164. The standard InChI is InChI=1S/C53H52F3N3/c1-50(2,3)31-13-19-42-36(25-31)37-26-32(51(4,5)6)14-20-43(37)58(42)46-23-30(35-17-18-41(54)49(56)48(35)55)24-47(40(46)29-57)59-44-21-15-33(52(7,8)9)27-38(44)39-28-34(53(10,11)12)16-22-45(39)59/h13-28H,1-12H3. The van der Waals surface area contributed by atoms with Gasteiger partial charge in [0.2, 0.25) is 0 Å². The van der Waals surface area contributed by atoms with Crippen LogP contribution in [0.1, 0.15) is 111 Å². The molecule has 0 bridgehead atoms. The number of aromatic nitrogens is 2. The molecule has 0 unspecified atom stereocenters. The van der Waals surface area contributed by atoms with Crippen molar-refractivity contribution >= 4 is 43.6 Å². The van der Waals surface area contributed by atoms with E-state index in [0.717, 1.165) is 49.7 Å². The van der Waals surface area contributed by atoms with Crippen LogP contribution >= 0.6 is 0 Å². The zero-order valence-corrected chi connectivity index (χ0v) is 36.2. The van der Waals surface area contributed by atoms with Gasteiger partial charge >= 0.3 is 0 Å². The molecule has 2 aromatic heterocycles. The van der Waals surface area contributed by atoms with E-state index in [9.17, 15) is 9.65 Å². The van der Waals surface area contributed by atoms with Crippen molar-refractivity contribution in [2.45, 2.75) is 105 Å². The van der Waals surface area contributed by atoms with Crippen LogP contribution in [0.5, 0.6) is 0 Å². The van der Waals surface area contributed by atoms with Crippen molar-refractivity contribution in [3.63, 3.8) is 0 Å². The van der Waals surface area contributed by atoms with Gasteiger partial charge in [-0.1, -0.05) is 107 Å². The average Bonchev–Trinajstić information content (AvgIpc) is 3.66. The Kier molecular flexibility index (Phi) is 9.06. The first-order valence-corrected chi connectivity index (χ1v) is 20.4. The maximum atomic E-state index is 16.0. The van der Waals surface area contributed by atoms with Crippen LogP contribution in [0.25, 0.3) is 66.1 Å². The second-order valence-corrected chi connectivity index (χ2v) is 20.3. The van der Waals surface area contributed by atoms with E-state index < -0.39 is 17.5 Å². The Balaban J connectivity index is 1.57. The maximum Gasteiger partial charge on any atom is 0.195 e. The van der Waals surface area contributed by atoms with Crippen molar-refractivity contribution in [2.75, 3.05) is 0 Å². The van der Waals surface area contributed by atoms with Gasteiger partial charge in [-0.25, -0.2) is 13.2 Å². The molecule has 6 heteroatoms. The lowest BCUT2D eigenvalue weighted by molar-refractivity contribution is 0.449. The number of rotatable bonds is 3. The Morgan fingerprint density at radius 3 is 1.03 bits per heavy atom. The third-order valence-corrected chi connectivity index (χ3v) is 12.0. The lowest BCUT2D eigenvalue weighted by Gasteiger charge is -2.21. The van der Waals surface area contributed by atoms with E-state index in [1.807, 2.05) is 0 Å². The molecule has 6 aromatic carbocycles. The van der Waals surface area contributed by atoms with Gasteiger partial charge in [-0.15, -0.1) is 0 Å². The number of benzene rings is 6. The van der Waals surface area contributed by atoms with Crippen molar-refractivity contribution < 1.29 is 13.2 Å². The minimum absolute atomic E-state index is 0.104. The van der Waals surface area contributed by atoms with E-state index in [1.165, 1.54) is 28.3 Å². The lowest BCUT2D eigenvalue weighted by atomic mass is 9.85. The summed E-state index contributed by atoms with van der Waals surface area (Å²) >= 11 is 0. The highest BCUT2D eigenvalue weighted by Gasteiger charge is 2.27. The molecule has 2 heterocycles. The van der Waals surface area contributed by atoms with Crippen LogP contribution in [0, 0.1) is 28.8 Å². The summed E-state index contributed by atoms with van der Waals surface area (Å²) in [4.78, 5) is 0. The summed E-state index contributed by atoms with van der Waals surface area (Å²) in [6.07, 6.45) is 0. The second kappa shape index (κ2) is 13.4. The molecule has 0 saturated heterocycles. The van der Waals surface area contributed by atoms with Gasteiger partial charge in [0.1, 0.15) is 11.6 Å². The highest BCUT2D eigenvalue weighted by Crippen LogP contribution is 2.44. The number of hydrogen-bond donors (Lipinski definition) is 0. The van der Waals surface area contributed by atoms with Gasteiger partial charge in [-0.3, -0.25) is 0 Å². The fourth-order valence-electron chi connectivity index (χ4n) is 8.42. The molecule has 0 aliphatic heterocycles. The molecule has 300 valence electrons. The molecule has 0 aliphatic carbocycles.